The van der Waals surface area contributed by atoms with Crippen LogP contribution in [0.3, 0.4) is 0 Å². The van der Waals surface area contributed by atoms with E-state index in [-0.39, 0.29) is 11.9 Å². The highest BCUT2D eigenvalue weighted by molar-refractivity contribution is 6.31. The van der Waals surface area contributed by atoms with Gasteiger partial charge in [0, 0.05) is 17.3 Å². The van der Waals surface area contributed by atoms with E-state index in [0.29, 0.717) is 29.4 Å². The number of aryl methyl sites for hydroxylation is 1. The van der Waals surface area contributed by atoms with Crippen molar-refractivity contribution in [2.24, 2.45) is 0 Å². The van der Waals surface area contributed by atoms with Crippen LogP contribution in [0.1, 0.15) is 52.0 Å². The summed E-state index contributed by atoms with van der Waals surface area (Å²) in [6, 6.07) is 11.6. The molecule has 1 N–H and O–H groups in total. The third-order valence-electron chi connectivity index (χ3n) is 5.80. The van der Waals surface area contributed by atoms with Crippen LogP contribution in [-0.2, 0) is 6.54 Å². The Balaban J connectivity index is 1.49. The van der Waals surface area contributed by atoms with Gasteiger partial charge in [0.1, 0.15) is 5.76 Å². The third-order valence-corrected chi connectivity index (χ3v) is 6.16. The van der Waals surface area contributed by atoms with Crippen molar-refractivity contribution in [1.29, 1.82) is 0 Å². The monoisotopic (exact) mass is 426 g/mol. The van der Waals surface area contributed by atoms with Crippen molar-refractivity contribution < 1.29 is 9.21 Å². The predicted molar refractivity (Wildman–Crippen MR) is 117 cm³/mol. The highest BCUT2D eigenvalue weighted by Gasteiger charge is 2.27. The summed E-state index contributed by atoms with van der Waals surface area (Å²) in [6.07, 6.45) is 4.05. The number of rotatable bonds is 7. The summed E-state index contributed by atoms with van der Waals surface area (Å²) in [7, 11) is 0. The molecule has 1 aliphatic heterocycles. The summed E-state index contributed by atoms with van der Waals surface area (Å²) in [5, 5.41) is 8.40. The molecular formula is C23H27ClN4O2. The lowest BCUT2D eigenvalue weighted by atomic mass is 10.1. The van der Waals surface area contributed by atoms with E-state index in [1.807, 2.05) is 54.9 Å². The highest BCUT2D eigenvalue weighted by atomic mass is 35.5. The highest BCUT2D eigenvalue weighted by Crippen LogP contribution is 2.25. The quantitative estimate of drug-likeness (QED) is 0.609. The maximum atomic E-state index is 13.1. The first-order chi connectivity index (χ1) is 14.5. The molecule has 3 aromatic rings. The molecule has 158 valence electrons. The molecule has 3 heterocycles. The Kier molecular flexibility index (Phi) is 6.25. The SMILES string of the molecule is Cc1nn(Cc2ccccc2Cl)c(C)c1C(=O)NC[C@@H](c1ccco1)N1CCCC1. The van der Waals surface area contributed by atoms with Crippen LogP contribution in [0.15, 0.2) is 47.1 Å². The van der Waals surface area contributed by atoms with E-state index < -0.39 is 0 Å². The Morgan fingerprint density at radius 2 is 1.97 bits per heavy atom. The molecule has 0 radical (unpaired) electrons. The molecule has 1 saturated heterocycles. The van der Waals surface area contributed by atoms with Crippen molar-refractivity contribution >= 4 is 17.5 Å². The number of halogens is 1. The minimum Gasteiger partial charge on any atom is -0.468 e. The standard InChI is InChI=1S/C23H27ClN4O2/c1-16-22(17(2)28(26-16)15-18-8-3-4-9-19(18)24)23(29)25-14-20(21-10-7-13-30-21)27-11-5-6-12-27/h3-4,7-10,13,20H,5-6,11-12,14-15H2,1-2H3,(H,25,29)/t20-/m0/s1. The van der Waals surface area contributed by atoms with Crippen LogP contribution >= 0.6 is 11.6 Å². The molecule has 4 rings (SSSR count). The lowest BCUT2D eigenvalue weighted by Gasteiger charge is -2.26. The molecule has 6 nitrogen and oxygen atoms in total. The van der Waals surface area contributed by atoms with E-state index >= 15 is 0 Å². The van der Waals surface area contributed by atoms with E-state index in [1.54, 1.807) is 6.26 Å². The Bertz CT molecular complexity index is 1010. The van der Waals surface area contributed by atoms with E-state index in [4.69, 9.17) is 16.0 Å². The van der Waals surface area contributed by atoms with Crippen molar-refractivity contribution in [3.8, 4) is 0 Å². The van der Waals surface area contributed by atoms with Gasteiger partial charge in [-0.1, -0.05) is 29.8 Å². The number of aromatic nitrogens is 2. The average Bonchev–Trinajstić information content (AvgIpc) is 3.48. The maximum Gasteiger partial charge on any atom is 0.255 e. The van der Waals surface area contributed by atoms with Crippen LogP contribution in [0.4, 0.5) is 0 Å². The molecule has 7 heteroatoms. The lowest BCUT2D eigenvalue weighted by molar-refractivity contribution is 0.0932. The molecule has 0 unspecified atom stereocenters. The van der Waals surface area contributed by atoms with Gasteiger partial charge >= 0.3 is 0 Å². The Morgan fingerprint density at radius 3 is 2.67 bits per heavy atom. The summed E-state index contributed by atoms with van der Waals surface area (Å²) < 4.78 is 7.50. The van der Waals surface area contributed by atoms with Crippen LogP contribution in [0.25, 0.3) is 0 Å². The van der Waals surface area contributed by atoms with Crippen LogP contribution < -0.4 is 5.32 Å². The van der Waals surface area contributed by atoms with Gasteiger partial charge < -0.3 is 9.73 Å². The van der Waals surface area contributed by atoms with Crippen molar-refractivity contribution in [3.63, 3.8) is 0 Å². The van der Waals surface area contributed by atoms with Gasteiger partial charge in [-0.3, -0.25) is 14.4 Å². The molecule has 1 amide bonds. The summed E-state index contributed by atoms with van der Waals surface area (Å²) >= 11 is 6.30. The number of nitrogens with one attached hydrogen (secondary N) is 1. The summed E-state index contributed by atoms with van der Waals surface area (Å²) in [5.74, 6) is 0.784. The third kappa shape index (κ3) is 4.30. The van der Waals surface area contributed by atoms with Gasteiger partial charge in [-0.25, -0.2) is 0 Å². The van der Waals surface area contributed by atoms with Gasteiger partial charge in [0.15, 0.2) is 0 Å². The van der Waals surface area contributed by atoms with Crippen LogP contribution in [0, 0.1) is 13.8 Å². The Morgan fingerprint density at radius 1 is 1.20 bits per heavy atom. The second-order valence-electron chi connectivity index (χ2n) is 7.78. The molecule has 0 bridgehead atoms. The smallest absolute Gasteiger partial charge is 0.255 e. The number of carbonyl (C=O) groups is 1. The number of carbonyl (C=O) groups excluding carboxylic acids is 1. The van der Waals surface area contributed by atoms with Gasteiger partial charge in [-0.15, -0.1) is 0 Å². The van der Waals surface area contributed by atoms with Crippen LogP contribution in [0.2, 0.25) is 5.02 Å². The fourth-order valence-corrected chi connectivity index (χ4v) is 4.38. The number of amides is 1. The predicted octanol–water partition coefficient (Wildman–Crippen LogP) is 4.36. The number of benzene rings is 1. The molecular weight excluding hydrogens is 400 g/mol. The summed E-state index contributed by atoms with van der Waals surface area (Å²) in [4.78, 5) is 15.4. The zero-order valence-corrected chi connectivity index (χ0v) is 18.2. The molecule has 1 aliphatic rings. The Hall–Kier alpha value is -2.57. The molecule has 1 aromatic carbocycles. The topological polar surface area (TPSA) is 63.3 Å². The number of furan rings is 1. The zero-order chi connectivity index (χ0) is 21.1. The molecule has 0 spiro atoms. The molecule has 2 aromatic heterocycles. The Labute approximate surface area is 181 Å². The lowest BCUT2D eigenvalue weighted by Crippen LogP contribution is -2.37. The first kappa shape index (κ1) is 20.7. The van der Waals surface area contributed by atoms with E-state index in [1.165, 1.54) is 12.8 Å². The van der Waals surface area contributed by atoms with E-state index in [0.717, 1.165) is 30.1 Å². The van der Waals surface area contributed by atoms with Gasteiger partial charge in [0.2, 0.25) is 0 Å². The van der Waals surface area contributed by atoms with Gasteiger partial charge in [0.05, 0.1) is 30.1 Å². The first-order valence-electron chi connectivity index (χ1n) is 10.4. The minimum absolute atomic E-state index is 0.0465. The van der Waals surface area contributed by atoms with Crippen molar-refractivity contribution in [1.82, 2.24) is 20.0 Å². The normalized spacial score (nSPS) is 15.4. The van der Waals surface area contributed by atoms with Crippen LogP contribution in [-0.4, -0.2) is 40.2 Å². The molecule has 0 saturated carbocycles. The fraction of sp³-hybridized carbons (Fsp3) is 0.391. The number of hydrogen-bond donors (Lipinski definition) is 1. The summed E-state index contributed by atoms with van der Waals surface area (Å²) in [6.45, 7) is 6.87. The minimum atomic E-state index is -0.105. The largest absolute Gasteiger partial charge is 0.468 e. The van der Waals surface area contributed by atoms with Crippen LogP contribution in [0.5, 0.6) is 0 Å². The number of likely N-dealkylation sites (tertiary alicyclic amines) is 1. The van der Waals surface area contributed by atoms with Crippen molar-refractivity contribution in [2.45, 2.75) is 39.3 Å². The number of hydrogen-bond acceptors (Lipinski definition) is 4. The molecule has 1 fully saturated rings. The first-order valence-corrected chi connectivity index (χ1v) is 10.8. The maximum absolute atomic E-state index is 13.1. The second kappa shape index (κ2) is 9.06. The number of nitrogens with zero attached hydrogens (tertiary/aromatic N) is 3. The molecule has 0 aliphatic carbocycles. The van der Waals surface area contributed by atoms with Gasteiger partial charge in [0.25, 0.3) is 5.91 Å². The molecule has 30 heavy (non-hydrogen) atoms. The fourth-order valence-electron chi connectivity index (χ4n) is 4.19. The van der Waals surface area contributed by atoms with Crippen molar-refractivity contribution in [2.75, 3.05) is 19.6 Å². The average molecular weight is 427 g/mol. The second-order valence-corrected chi connectivity index (χ2v) is 8.19. The van der Waals surface area contributed by atoms with Gasteiger partial charge in [-0.05, 0) is 63.5 Å². The van der Waals surface area contributed by atoms with E-state index in [9.17, 15) is 4.79 Å². The zero-order valence-electron chi connectivity index (χ0n) is 17.4. The van der Waals surface area contributed by atoms with Gasteiger partial charge in [-0.2, -0.15) is 5.10 Å². The van der Waals surface area contributed by atoms with E-state index in [2.05, 4.69) is 15.3 Å². The summed E-state index contributed by atoms with van der Waals surface area (Å²) in [5.41, 5.74) is 3.15. The molecule has 1 atom stereocenters. The van der Waals surface area contributed by atoms with Crippen molar-refractivity contribution in [3.05, 3.63) is 76.0 Å².